The standard InChI is InChI=1S/2C9H18.C8H16.C8H18/c1-7-4-8(2)6-9(3)5-7;1-7-4-5-8(2)9(3)6-7;1-5-6(2)8(4)7(5)3;1-6(2)8(5)7(3)4/h2*7-9H,4-6H2,1-3H3;5-8H,1-4H3;6-8H,1-5H3. The zero-order chi connectivity index (χ0) is 26.7. The molecule has 3 rings (SSSR count). The maximum atomic E-state index is 2.39. The van der Waals surface area contributed by atoms with Crippen molar-refractivity contribution in [2.75, 3.05) is 0 Å². The van der Waals surface area contributed by atoms with Crippen LogP contribution in [0.2, 0.25) is 0 Å². The second-order valence-electron chi connectivity index (χ2n) is 14.7. The minimum atomic E-state index is 0.843. The van der Waals surface area contributed by atoms with Gasteiger partial charge in [-0.05, 0) is 103 Å². The van der Waals surface area contributed by atoms with Crippen LogP contribution in [-0.4, -0.2) is 0 Å². The Morgan fingerprint density at radius 1 is 0.382 bits per heavy atom. The molecular formula is C34H70. The highest BCUT2D eigenvalue weighted by molar-refractivity contribution is 4.86. The number of hydrogen-bond donors (Lipinski definition) is 0. The van der Waals surface area contributed by atoms with Crippen molar-refractivity contribution in [1.29, 1.82) is 0 Å². The third-order valence-electron chi connectivity index (χ3n) is 10.7. The van der Waals surface area contributed by atoms with Gasteiger partial charge in [0, 0.05) is 0 Å². The molecule has 0 aromatic heterocycles. The quantitative estimate of drug-likeness (QED) is 0.370. The van der Waals surface area contributed by atoms with E-state index in [1.165, 1.54) is 38.5 Å². The van der Waals surface area contributed by atoms with Gasteiger partial charge in [-0.25, -0.2) is 0 Å². The highest BCUT2D eigenvalue weighted by Crippen LogP contribution is 2.44. The summed E-state index contributed by atoms with van der Waals surface area (Å²) in [5.74, 6) is 12.4. The summed E-state index contributed by atoms with van der Waals surface area (Å²) in [6.45, 7) is 35.2. The van der Waals surface area contributed by atoms with Crippen LogP contribution in [0.15, 0.2) is 0 Å². The van der Waals surface area contributed by atoms with Crippen molar-refractivity contribution in [3.8, 4) is 0 Å². The van der Waals surface area contributed by atoms with E-state index >= 15 is 0 Å². The molecule has 0 radical (unpaired) electrons. The van der Waals surface area contributed by atoms with Gasteiger partial charge in [0.05, 0.1) is 0 Å². The molecule has 3 aliphatic rings. The Morgan fingerprint density at radius 3 is 0.912 bits per heavy atom. The molecule has 0 amide bonds. The molecule has 0 heteroatoms. The summed E-state index contributed by atoms with van der Waals surface area (Å²) in [7, 11) is 0. The van der Waals surface area contributed by atoms with Crippen LogP contribution in [0.5, 0.6) is 0 Å². The molecule has 3 unspecified atom stereocenters. The van der Waals surface area contributed by atoms with Gasteiger partial charge >= 0.3 is 0 Å². The van der Waals surface area contributed by atoms with Gasteiger partial charge < -0.3 is 0 Å². The average molecular weight is 479 g/mol. The normalized spacial score (nSPS) is 39.7. The van der Waals surface area contributed by atoms with E-state index in [-0.39, 0.29) is 0 Å². The Bertz CT molecular complexity index is 425. The summed E-state index contributed by atoms with van der Waals surface area (Å²) in [6, 6.07) is 0. The van der Waals surface area contributed by atoms with E-state index in [2.05, 4.69) is 104 Å². The Balaban J connectivity index is 0.000000428. The van der Waals surface area contributed by atoms with Gasteiger partial charge in [-0.2, -0.15) is 0 Å². The second kappa shape index (κ2) is 16.7. The van der Waals surface area contributed by atoms with Crippen LogP contribution in [0.4, 0.5) is 0 Å². The molecule has 0 bridgehead atoms. The van der Waals surface area contributed by atoms with Crippen molar-refractivity contribution < 1.29 is 0 Å². The van der Waals surface area contributed by atoms with E-state index in [0.717, 1.165) is 76.9 Å². The molecule has 3 aliphatic carbocycles. The lowest BCUT2D eigenvalue weighted by Crippen LogP contribution is -2.39. The molecule has 0 aromatic rings. The predicted octanol–water partition coefficient (Wildman–Crippen LogP) is 11.6. The first-order valence-corrected chi connectivity index (χ1v) is 15.6. The molecule has 0 heterocycles. The lowest BCUT2D eigenvalue weighted by atomic mass is 9.60. The molecule has 0 spiro atoms. The van der Waals surface area contributed by atoms with Gasteiger partial charge in [0.2, 0.25) is 0 Å². The van der Waals surface area contributed by atoms with Crippen molar-refractivity contribution >= 4 is 0 Å². The maximum Gasteiger partial charge on any atom is -0.0386 e. The van der Waals surface area contributed by atoms with E-state index in [1.807, 2.05) is 0 Å². The van der Waals surface area contributed by atoms with Gasteiger partial charge in [0.15, 0.2) is 0 Å². The van der Waals surface area contributed by atoms with E-state index in [1.54, 1.807) is 0 Å². The molecule has 0 aromatic carbocycles. The van der Waals surface area contributed by atoms with E-state index in [9.17, 15) is 0 Å². The van der Waals surface area contributed by atoms with Gasteiger partial charge in [-0.1, -0.05) is 117 Å². The smallest absolute Gasteiger partial charge is 0.0386 e. The molecule has 0 nitrogen and oxygen atoms in total. The first-order valence-electron chi connectivity index (χ1n) is 15.6. The zero-order valence-electron chi connectivity index (χ0n) is 26.7. The molecule has 0 aliphatic heterocycles. The molecule has 3 saturated carbocycles. The highest BCUT2D eigenvalue weighted by atomic mass is 14.4. The van der Waals surface area contributed by atoms with Crippen LogP contribution in [-0.2, 0) is 0 Å². The van der Waals surface area contributed by atoms with Gasteiger partial charge in [-0.15, -0.1) is 0 Å². The van der Waals surface area contributed by atoms with Gasteiger partial charge in [0.1, 0.15) is 0 Å². The summed E-state index contributed by atoms with van der Waals surface area (Å²) < 4.78 is 0. The van der Waals surface area contributed by atoms with Crippen molar-refractivity contribution in [2.45, 2.75) is 142 Å². The lowest BCUT2D eigenvalue weighted by molar-refractivity contribution is 0.0302. The molecule has 3 fully saturated rings. The average Bonchev–Trinajstić information content (AvgIpc) is 2.74. The van der Waals surface area contributed by atoms with Crippen LogP contribution >= 0.6 is 0 Å². The van der Waals surface area contributed by atoms with Crippen molar-refractivity contribution in [3.63, 3.8) is 0 Å². The van der Waals surface area contributed by atoms with Crippen LogP contribution in [0.3, 0.4) is 0 Å². The second-order valence-corrected chi connectivity index (χ2v) is 14.7. The molecular weight excluding hydrogens is 408 g/mol. The van der Waals surface area contributed by atoms with Crippen molar-refractivity contribution in [1.82, 2.24) is 0 Å². The first kappa shape index (κ1) is 34.0. The lowest BCUT2D eigenvalue weighted by Gasteiger charge is -2.45. The summed E-state index contributed by atoms with van der Waals surface area (Å²) in [4.78, 5) is 0. The Hall–Kier alpha value is 0. The minimum absolute atomic E-state index is 0.843. The molecule has 34 heavy (non-hydrogen) atoms. The fourth-order valence-electron chi connectivity index (χ4n) is 6.71. The van der Waals surface area contributed by atoms with Crippen LogP contribution in [0, 0.1) is 76.9 Å². The van der Waals surface area contributed by atoms with Gasteiger partial charge in [0.25, 0.3) is 0 Å². The maximum absolute atomic E-state index is 2.39. The monoisotopic (exact) mass is 479 g/mol. The summed E-state index contributed by atoms with van der Waals surface area (Å²) in [5, 5.41) is 0. The topological polar surface area (TPSA) is 0 Å². The molecule has 206 valence electrons. The number of rotatable bonds is 2. The fraction of sp³-hybridized carbons (Fsp3) is 1.00. The van der Waals surface area contributed by atoms with Gasteiger partial charge in [-0.3, -0.25) is 0 Å². The van der Waals surface area contributed by atoms with E-state index in [4.69, 9.17) is 0 Å². The Morgan fingerprint density at radius 2 is 0.706 bits per heavy atom. The van der Waals surface area contributed by atoms with Crippen molar-refractivity contribution in [2.24, 2.45) is 76.9 Å². The zero-order valence-corrected chi connectivity index (χ0v) is 26.7. The van der Waals surface area contributed by atoms with E-state index in [0.29, 0.717) is 0 Å². The molecule has 3 atom stereocenters. The minimum Gasteiger partial charge on any atom is -0.0625 e. The summed E-state index contributed by atoms with van der Waals surface area (Å²) in [5.41, 5.74) is 0. The van der Waals surface area contributed by atoms with E-state index < -0.39 is 0 Å². The largest absolute Gasteiger partial charge is 0.0625 e. The predicted molar refractivity (Wildman–Crippen MR) is 158 cm³/mol. The number of hydrogen-bond acceptors (Lipinski definition) is 0. The third-order valence-corrected chi connectivity index (χ3v) is 10.7. The van der Waals surface area contributed by atoms with Crippen molar-refractivity contribution in [3.05, 3.63) is 0 Å². The van der Waals surface area contributed by atoms with Crippen LogP contribution in [0.25, 0.3) is 0 Å². The van der Waals surface area contributed by atoms with Crippen LogP contribution < -0.4 is 0 Å². The SMILES string of the molecule is CC(C)C(C)C(C)C.CC1C(C)C(C)C1C.CC1CC(C)CC(C)C1.CC1CCC(C)C(C)C1. The Kier molecular flexibility index (Phi) is 16.7. The highest BCUT2D eigenvalue weighted by Gasteiger charge is 2.38. The molecule has 0 saturated heterocycles. The first-order chi connectivity index (χ1) is 15.6. The molecule has 0 N–H and O–H groups in total. The fourth-order valence-corrected chi connectivity index (χ4v) is 6.71. The summed E-state index contributed by atoms with van der Waals surface area (Å²) in [6.07, 6.45) is 8.77. The third kappa shape index (κ3) is 12.8. The summed E-state index contributed by atoms with van der Waals surface area (Å²) >= 11 is 0. The van der Waals surface area contributed by atoms with Crippen LogP contribution in [0.1, 0.15) is 142 Å². The Labute approximate surface area is 219 Å².